The van der Waals surface area contributed by atoms with E-state index < -0.39 is 0 Å². The van der Waals surface area contributed by atoms with Gasteiger partial charge in [0.1, 0.15) is 11.5 Å². The molecule has 210 valence electrons. The van der Waals surface area contributed by atoms with Gasteiger partial charge >= 0.3 is 0 Å². The maximum absolute atomic E-state index is 12.9. The van der Waals surface area contributed by atoms with Gasteiger partial charge in [-0.2, -0.15) is 9.97 Å². The van der Waals surface area contributed by atoms with Crippen LogP contribution in [0.4, 0.5) is 17.5 Å². The summed E-state index contributed by atoms with van der Waals surface area (Å²) in [6, 6.07) is 11.8. The molecule has 41 heavy (non-hydrogen) atoms. The van der Waals surface area contributed by atoms with Gasteiger partial charge in [-0.3, -0.25) is 9.78 Å². The average Bonchev–Trinajstić information content (AvgIpc) is 3.57. The predicted molar refractivity (Wildman–Crippen MR) is 164 cm³/mol. The number of pyridine rings is 1. The Labute approximate surface area is 239 Å². The normalized spacial score (nSPS) is 17.0. The number of carbonyl (C=O) groups excluding carboxylic acids is 1. The molecule has 0 unspecified atom stereocenters. The summed E-state index contributed by atoms with van der Waals surface area (Å²) in [5.41, 5.74) is 6.59. The minimum atomic E-state index is -0.0102. The van der Waals surface area contributed by atoms with Crippen molar-refractivity contribution in [2.75, 3.05) is 41.3 Å². The fraction of sp³-hybridized carbons (Fsp3) is 0.375. The van der Waals surface area contributed by atoms with Crippen LogP contribution in [-0.4, -0.2) is 57.0 Å². The lowest BCUT2D eigenvalue weighted by Gasteiger charge is -2.35. The molecule has 0 atom stereocenters. The van der Waals surface area contributed by atoms with Gasteiger partial charge in [0.2, 0.25) is 11.9 Å². The Hall–Kier alpha value is -4.40. The molecule has 0 radical (unpaired) electrons. The SMILES string of the molecule is Cc1[nH]c2nc(N3CCC(C(=O)Nc4ccccc4)CC3)nc(N3CCC(c4c[nH]c5cnccc45)CC3)c2c1C. The highest BCUT2D eigenvalue weighted by Crippen LogP contribution is 2.37. The van der Waals surface area contributed by atoms with Crippen molar-refractivity contribution >= 4 is 45.3 Å². The van der Waals surface area contributed by atoms with E-state index in [4.69, 9.17) is 9.97 Å². The first-order valence-electron chi connectivity index (χ1n) is 14.7. The molecular formula is C32H36N8O. The first-order chi connectivity index (χ1) is 20.0. The van der Waals surface area contributed by atoms with Gasteiger partial charge < -0.3 is 25.1 Å². The molecule has 2 aliphatic rings. The molecule has 6 heterocycles. The van der Waals surface area contributed by atoms with Crippen LogP contribution in [0.15, 0.2) is 55.0 Å². The maximum atomic E-state index is 12.9. The van der Waals surface area contributed by atoms with Crippen LogP contribution in [0.25, 0.3) is 21.9 Å². The van der Waals surface area contributed by atoms with Crippen molar-refractivity contribution in [2.24, 2.45) is 5.92 Å². The van der Waals surface area contributed by atoms with Crippen molar-refractivity contribution in [3.63, 3.8) is 0 Å². The summed E-state index contributed by atoms with van der Waals surface area (Å²) in [6.45, 7) is 7.67. The summed E-state index contributed by atoms with van der Waals surface area (Å²) >= 11 is 0. The van der Waals surface area contributed by atoms with Crippen LogP contribution >= 0.6 is 0 Å². The summed E-state index contributed by atoms with van der Waals surface area (Å²) in [5, 5.41) is 5.48. The molecule has 2 fully saturated rings. The number of anilines is 3. The second kappa shape index (κ2) is 10.5. The third-order valence-electron chi connectivity index (χ3n) is 9.06. The zero-order chi connectivity index (χ0) is 27.9. The third kappa shape index (κ3) is 4.79. The van der Waals surface area contributed by atoms with Crippen LogP contribution in [-0.2, 0) is 4.79 Å². The lowest BCUT2D eigenvalue weighted by molar-refractivity contribution is -0.120. The number of para-hydroxylation sites is 1. The molecule has 3 N–H and O–H groups in total. The van der Waals surface area contributed by atoms with Gasteiger partial charge in [0.15, 0.2) is 0 Å². The third-order valence-corrected chi connectivity index (χ3v) is 9.06. The number of aryl methyl sites for hydroxylation is 2. The Bertz CT molecular complexity index is 1690. The highest BCUT2D eigenvalue weighted by Gasteiger charge is 2.30. The van der Waals surface area contributed by atoms with E-state index in [0.717, 1.165) is 91.6 Å². The van der Waals surface area contributed by atoms with Crippen molar-refractivity contribution in [3.05, 3.63) is 71.8 Å². The van der Waals surface area contributed by atoms with Crippen molar-refractivity contribution in [1.82, 2.24) is 24.9 Å². The fourth-order valence-corrected chi connectivity index (χ4v) is 6.54. The summed E-state index contributed by atoms with van der Waals surface area (Å²) in [5.74, 6) is 2.37. The van der Waals surface area contributed by atoms with Crippen LogP contribution in [0.3, 0.4) is 0 Å². The molecule has 5 aromatic rings. The minimum Gasteiger partial charge on any atom is -0.360 e. The smallest absolute Gasteiger partial charge is 0.229 e. The van der Waals surface area contributed by atoms with E-state index in [0.29, 0.717) is 5.92 Å². The molecule has 4 aromatic heterocycles. The van der Waals surface area contributed by atoms with E-state index >= 15 is 0 Å². The van der Waals surface area contributed by atoms with Crippen LogP contribution in [0.2, 0.25) is 0 Å². The number of aromatic amines is 2. The molecule has 7 rings (SSSR count). The standard InChI is InChI=1S/C32H36N8O/c1-20-21(2)35-29-28(20)30(39-14-9-22(10-15-39)26-18-34-27-19-33-13-8-25(26)27)38-32(37-29)40-16-11-23(12-17-40)31(41)36-24-6-4-3-5-7-24/h3-8,13,18-19,22-23,34H,9-12,14-17H2,1-2H3,(H,36,41)(H,35,37,38). The molecule has 1 aromatic carbocycles. The number of nitrogens with zero attached hydrogens (tertiary/aromatic N) is 5. The number of amides is 1. The van der Waals surface area contributed by atoms with Gasteiger partial charge in [-0.25, -0.2) is 0 Å². The molecular weight excluding hydrogens is 512 g/mol. The maximum Gasteiger partial charge on any atom is 0.229 e. The zero-order valence-electron chi connectivity index (χ0n) is 23.7. The van der Waals surface area contributed by atoms with Gasteiger partial charge in [0.05, 0.1) is 17.1 Å². The summed E-state index contributed by atoms with van der Waals surface area (Å²) in [7, 11) is 0. The number of aromatic nitrogens is 5. The zero-order valence-corrected chi connectivity index (χ0v) is 23.7. The largest absolute Gasteiger partial charge is 0.360 e. The second-order valence-electron chi connectivity index (χ2n) is 11.5. The number of nitrogens with one attached hydrogen (secondary N) is 3. The fourth-order valence-electron chi connectivity index (χ4n) is 6.54. The molecule has 0 spiro atoms. The molecule has 9 nitrogen and oxygen atoms in total. The van der Waals surface area contributed by atoms with Crippen LogP contribution < -0.4 is 15.1 Å². The van der Waals surface area contributed by atoms with Gasteiger partial charge in [0, 0.05) is 61.3 Å². The first-order valence-corrected chi connectivity index (χ1v) is 14.7. The summed E-state index contributed by atoms with van der Waals surface area (Å²) in [6.07, 6.45) is 9.65. The van der Waals surface area contributed by atoms with Gasteiger partial charge in [0.25, 0.3) is 0 Å². The number of carbonyl (C=O) groups is 1. The Morgan fingerprint density at radius 2 is 1.71 bits per heavy atom. The number of hydrogen-bond donors (Lipinski definition) is 3. The number of H-pyrrole nitrogens is 2. The molecule has 9 heteroatoms. The monoisotopic (exact) mass is 548 g/mol. The number of rotatable bonds is 5. The van der Waals surface area contributed by atoms with E-state index in [1.807, 2.05) is 42.7 Å². The van der Waals surface area contributed by atoms with E-state index in [9.17, 15) is 4.79 Å². The molecule has 0 bridgehead atoms. The van der Waals surface area contributed by atoms with E-state index in [-0.39, 0.29) is 11.8 Å². The number of piperidine rings is 2. The molecule has 0 saturated carbocycles. The first kappa shape index (κ1) is 25.6. The van der Waals surface area contributed by atoms with Gasteiger partial charge in [-0.1, -0.05) is 18.2 Å². The Morgan fingerprint density at radius 1 is 0.951 bits per heavy atom. The minimum absolute atomic E-state index is 0.0102. The van der Waals surface area contributed by atoms with E-state index in [1.54, 1.807) is 0 Å². The molecule has 2 saturated heterocycles. The number of benzene rings is 1. The number of fused-ring (bicyclic) bond motifs is 2. The molecule has 0 aliphatic carbocycles. The van der Waals surface area contributed by atoms with E-state index in [1.165, 1.54) is 16.5 Å². The van der Waals surface area contributed by atoms with Gasteiger partial charge in [-0.15, -0.1) is 0 Å². The Kier molecular flexibility index (Phi) is 6.57. The van der Waals surface area contributed by atoms with Crippen molar-refractivity contribution in [2.45, 2.75) is 45.4 Å². The Morgan fingerprint density at radius 3 is 2.49 bits per heavy atom. The lowest BCUT2D eigenvalue weighted by Crippen LogP contribution is -2.39. The van der Waals surface area contributed by atoms with Crippen LogP contribution in [0.5, 0.6) is 0 Å². The van der Waals surface area contributed by atoms with Gasteiger partial charge in [-0.05, 0) is 74.8 Å². The van der Waals surface area contributed by atoms with Crippen molar-refractivity contribution < 1.29 is 4.79 Å². The van der Waals surface area contributed by atoms with Crippen LogP contribution in [0.1, 0.15) is 48.4 Å². The Balaban J connectivity index is 1.09. The quantitative estimate of drug-likeness (QED) is 0.261. The number of hydrogen-bond acceptors (Lipinski definition) is 6. The second-order valence-corrected chi connectivity index (χ2v) is 11.5. The average molecular weight is 549 g/mol. The molecule has 2 aliphatic heterocycles. The topological polar surface area (TPSA) is 106 Å². The summed E-state index contributed by atoms with van der Waals surface area (Å²) in [4.78, 5) is 38.9. The highest BCUT2D eigenvalue weighted by atomic mass is 16.1. The predicted octanol–water partition coefficient (Wildman–Crippen LogP) is 5.69. The van der Waals surface area contributed by atoms with Crippen molar-refractivity contribution in [1.29, 1.82) is 0 Å². The lowest BCUT2D eigenvalue weighted by atomic mass is 9.89. The summed E-state index contributed by atoms with van der Waals surface area (Å²) < 4.78 is 0. The van der Waals surface area contributed by atoms with Crippen LogP contribution in [0, 0.1) is 19.8 Å². The van der Waals surface area contributed by atoms with E-state index in [2.05, 4.69) is 56.2 Å². The van der Waals surface area contributed by atoms with Crippen molar-refractivity contribution in [3.8, 4) is 0 Å². The highest BCUT2D eigenvalue weighted by molar-refractivity contribution is 5.94. The molecule has 1 amide bonds.